The van der Waals surface area contributed by atoms with E-state index in [9.17, 15) is 28.0 Å². The molecule has 9 atom stereocenters. The van der Waals surface area contributed by atoms with E-state index in [0.29, 0.717) is 25.2 Å². The zero-order valence-electron chi connectivity index (χ0n) is 25.2. The number of carboxylic acid groups (broad SMARTS) is 1. The first kappa shape index (κ1) is 32.0. The van der Waals surface area contributed by atoms with E-state index in [1.807, 2.05) is 0 Å². The zero-order valence-corrected chi connectivity index (χ0v) is 28.0. The van der Waals surface area contributed by atoms with Gasteiger partial charge in [0.25, 0.3) is 0 Å². The second-order valence-electron chi connectivity index (χ2n) is 15.7. The third-order valence-electron chi connectivity index (χ3n) is 13.3. The van der Waals surface area contributed by atoms with Crippen LogP contribution < -0.4 is 29.6 Å². The largest absolute Gasteiger partial charge is 1.00 e. The molecule has 5 rings (SSSR count). The molecule has 4 fully saturated rings. The van der Waals surface area contributed by atoms with E-state index < -0.39 is 39.4 Å². The van der Waals surface area contributed by atoms with Crippen LogP contribution in [0.3, 0.4) is 0 Å². The van der Waals surface area contributed by atoms with Crippen LogP contribution in [-0.4, -0.2) is 41.4 Å². The third kappa shape index (κ3) is 4.39. The summed E-state index contributed by atoms with van der Waals surface area (Å²) in [6.45, 7) is 15.7. The molecule has 0 aromatic carbocycles. The minimum atomic E-state index is -4.54. The Hall–Kier alpha value is 0.0400. The molecule has 39 heavy (non-hydrogen) atoms. The molecule has 1 unspecified atom stereocenters. The number of carboxylic acids is 1. The van der Waals surface area contributed by atoms with Crippen LogP contribution in [0, 0.1) is 50.2 Å². The number of aliphatic hydroxyl groups excluding tert-OH is 1. The Bertz CT molecular complexity index is 1160. The maximum Gasteiger partial charge on any atom is 1.00 e. The monoisotopic (exact) mass is 575 g/mol. The summed E-state index contributed by atoms with van der Waals surface area (Å²) in [4.78, 5) is 12.9. The molecule has 9 heteroatoms. The fourth-order valence-corrected chi connectivity index (χ4v) is 11.7. The maximum atomic E-state index is 12.9. The van der Waals surface area contributed by atoms with E-state index in [1.54, 1.807) is 0 Å². The van der Waals surface area contributed by atoms with Crippen LogP contribution in [0.25, 0.3) is 0 Å². The number of hydrogen-bond acceptors (Lipinski definition) is 5. The Morgan fingerprint density at radius 1 is 0.949 bits per heavy atom. The molecule has 5 aliphatic carbocycles. The van der Waals surface area contributed by atoms with Crippen molar-refractivity contribution >= 4 is 16.4 Å². The molecule has 0 spiro atoms. The van der Waals surface area contributed by atoms with E-state index in [1.165, 1.54) is 5.57 Å². The van der Waals surface area contributed by atoms with Gasteiger partial charge in [-0.3, -0.25) is 9.35 Å². The number of aliphatic carboxylic acids is 1. The van der Waals surface area contributed by atoms with Gasteiger partial charge in [-0.15, -0.1) is 0 Å². The quantitative estimate of drug-likeness (QED) is 0.269. The maximum absolute atomic E-state index is 12.9. The molecule has 0 bridgehead atoms. The standard InChI is InChI=1S/C30H48O7S.Na/c1-25(2)14-15-30(24(32)33)19(16-25)18-8-9-21-27(5)12-11-23(37-38(34,35)36)26(3,4)20(27)10-13-28(21,6)29(18,7)17-22(30)31;/h8,19-23,31H,9-17H2,1-7H3,(H,32,33)(H,34,35,36);/q;+1/t19-,20-,21+,22+,23?,27-,28+,29+,30+;/m0./s1. The average Bonchev–Trinajstić information content (AvgIpc) is 2.75. The van der Waals surface area contributed by atoms with Crippen molar-refractivity contribution in [2.45, 2.75) is 118 Å². The van der Waals surface area contributed by atoms with Crippen LogP contribution in [0.4, 0.5) is 0 Å². The molecule has 0 radical (unpaired) electrons. The van der Waals surface area contributed by atoms with E-state index >= 15 is 0 Å². The zero-order chi connectivity index (χ0) is 28.3. The first-order valence-electron chi connectivity index (χ1n) is 14.5. The van der Waals surface area contributed by atoms with Crippen molar-refractivity contribution in [3.8, 4) is 0 Å². The number of fused-ring (bicyclic) bond motifs is 7. The topological polar surface area (TPSA) is 121 Å². The van der Waals surface area contributed by atoms with Gasteiger partial charge in [0.05, 0.1) is 12.2 Å². The minimum Gasteiger partial charge on any atom is -0.481 e. The Morgan fingerprint density at radius 3 is 2.18 bits per heavy atom. The van der Waals surface area contributed by atoms with E-state index in [4.69, 9.17) is 4.18 Å². The molecular formula is C30H48NaO7S+. The van der Waals surface area contributed by atoms with Gasteiger partial charge in [-0.25, -0.2) is 4.18 Å². The SMILES string of the molecule is CC1(C)CC[C@]2(C(=O)O)[C@H](O)C[C@]3(C)C(=CC[C@@H]4[C@@]5(C)CCC(OS(=O)(=O)O)C(C)(C)[C@@H]5CC[C@]43C)[C@@H]2C1.[Na+]. The fourth-order valence-electron chi connectivity index (χ4n) is 11.0. The first-order valence-corrected chi connectivity index (χ1v) is 15.9. The van der Waals surface area contributed by atoms with Crippen molar-refractivity contribution in [3.63, 3.8) is 0 Å². The Balaban J connectivity index is 0.00000353. The molecule has 5 aliphatic rings. The molecule has 4 saturated carbocycles. The van der Waals surface area contributed by atoms with Crippen LogP contribution >= 0.6 is 0 Å². The summed E-state index contributed by atoms with van der Waals surface area (Å²) < 4.78 is 37.9. The molecule has 3 N–H and O–H groups in total. The van der Waals surface area contributed by atoms with Gasteiger partial charge in [0, 0.05) is 0 Å². The molecule has 0 amide bonds. The number of hydrogen-bond donors (Lipinski definition) is 3. The molecular weight excluding hydrogens is 527 g/mol. The fraction of sp³-hybridized carbons (Fsp3) is 0.900. The van der Waals surface area contributed by atoms with Crippen LogP contribution in [-0.2, 0) is 19.4 Å². The molecule has 216 valence electrons. The molecule has 0 aromatic rings. The van der Waals surface area contributed by atoms with Gasteiger partial charge in [-0.2, -0.15) is 8.42 Å². The van der Waals surface area contributed by atoms with Crippen molar-refractivity contribution in [2.75, 3.05) is 0 Å². The summed E-state index contributed by atoms with van der Waals surface area (Å²) in [6, 6.07) is 0. The molecule has 0 heterocycles. The van der Waals surface area contributed by atoms with Gasteiger partial charge in [0.15, 0.2) is 0 Å². The van der Waals surface area contributed by atoms with Crippen LogP contribution in [0.2, 0.25) is 0 Å². The van der Waals surface area contributed by atoms with E-state index in [-0.39, 0.29) is 63.1 Å². The molecule has 7 nitrogen and oxygen atoms in total. The van der Waals surface area contributed by atoms with Crippen LogP contribution in [0.5, 0.6) is 0 Å². The number of aliphatic hydroxyl groups is 1. The number of allylic oxidation sites excluding steroid dienone is 2. The van der Waals surface area contributed by atoms with Gasteiger partial charge in [0.1, 0.15) is 5.41 Å². The summed E-state index contributed by atoms with van der Waals surface area (Å²) in [5, 5.41) is 22.3. The predicted octanol–water partition coefficient (Wildman–Crippen LogP) is 3.04. The van der Waals surface area contributed by atoms with E-state index in [2.05, 4.69) is 54.5 Å². The Kier molecular flexibility index (Phi) is 7.80. The third-order valence-corrected chi connectivity index (χ3v) is 13.7. The molecule has 0 saturated heterocycles. The Labute approximate surface area is 257 Å². The smallest absolute Gasteiger partial charge is 0.481 e. The van der Waals surface area contributed by atoms with Crippen molar-refractivity contribution in [1.82, 2.24) is 0 Å². The predicted molar refractivity (Wildman–Crippen MR) is 144 cm³/mol. The number of rotatable bonds is 3. The normalized spacial score (nSPS) is 48.2. The average molecular weight is 576 g/mol. The number of carbonyl (C=O) groups is 1. The van der Waals surface area contributed by atoms with E-state index in [0.717, 1.165) is 38.5 Å². The van der Waals surface area contributed by atoms with Crippen LogP contribution in [0.15, 0.2) is 11.6 Å². The second-order valence-corrected chi connectivity index (χ2v) is 16.7. The summed E-state index contributed by atoms with van der Waals surface area (Å²) >= 11 is 0. The van der Waals surface area contributed by atoms with Gasteiger partial charge in [-0.1, -0.05) is 60.1 Å². The summed E-state index contributed by atoms with van der Waals surface area (Å²) in [5.74, 6) is -0.492. The van der Waals surface area contributed by atoms with Crippen molar-refractivity contribution < 1.29 is 61.7 Å². The van der Waals surface area contributed by atoms with Gasteiger partial charge >= 0.3 is 45.9 Å². The molecule has 0 aromatic heterocycles. The molecule has 0 aliphatic heterocycles. The van der Waals surface area contributed by atoms with Crippen molar-refractivity contribution in [3.05, 3.63) is 11.6 Å². The summed E-state index contributed by atoms with van der Waals surface area (Å²) in [5.41, 5.74) is -0.765. The minimum absolute atomic E-state index is 0. The van der Waals surface area contributed by atoms with Gasteiger partial charge in [-0.05, 0) is 103 Å². The summed E-state index contributed by atoms with van der Waals surface area (Å²) in [7, 11) is -4.54. The van der Waals surface area contributed by atoms with Crippen LogP contribution in [0.1, 0.15) is 106 Å². The van der Waals surface area contributed by atoms with Crippen molar-refractivity contribution in [2.24, 2.45) is 50.2 Å². The van der Waals surface area contributed by atoms with Gasteiger partial charge in [0.2, 0.25) is 0 Å². The summed E-state index contributed by atoms with van der Waals surface area (Å²) in [6.07, 6.45) is 7.53. The second kappa shape index (κ2) is 9.52. The van der Waals surface area contributed by atoms with Crippen molar-refractivity contribution in [1.29, 1.82) is 0 Å². The van der Waals surface area contributed by atoms with Gasteiger partial charge < -0.3 is 10.2 Å². The Morgan fingerprint density at radius 2 is 1.59 bits per heavy atom. The first-order chi connectivity index (χ1) is 17.2.